The first-order chi connectivity index (χ1) is 9.93. The van der Waals surface area contributed by atoms with Gasteiger partial charge in [0.05, 0.1) is 4.92 Å². The highest BCUT2D eigenvalue weighted by Gasteiger charge is 2.33. The monoisotopic (exact) mass is 295 g/mol. The fourth-order valence-corrected chi connectivity index (χ4v) is 2.76. The van der Waals surface area contributed by atoms with Gasteiger partial charge in [-0.3, -0.25) is 15.5 Å². The summed E-state index contributed by atoms with van der Waals surface area (Å²) in [6, 6.07) is 0.207. The molecule has 1 aliphatic rings. The van der Waals surface area contributed by atoms with Gasteiger partial charge in [-0.1, -0.05) is 0 Å². The second kappa shape index (κ2) is 6.19. The molecule has 1 aromatic heterocycles. The maximum atomic E-state index is 11.4. The molecule has 1 atom stereocenters. The van der Waals surface area contributed by atoms with E-state index in [4.69, 9.17) is 5.84 Å². The van der Waals surface area contributed by atoms with E-state index < -0.39 is 4.92 Å². The minimum atomic E-state index is -0.421. The smallest absolute Gasteiger partial charge is 0.332 e. The van der Waals surface area contributed by atoms with Crippen molar-refractivity contribution in [2.24, 2.45) is 5.84 Å². The van der Waals surface area contributed by atoms with Crippen LogP contribution in [0.4, 0.5) is 17.5 Å². The standard InChI is InChI=1S/C12H21N7O2/c1-8-10(19(20)21)11(15-12(14-8)16-13)18-6-4-5-9(18)7-17(2)3/h9H,4-7,13H2,1-3H3,(H,14,15,16). The van der Waals surface area contributed by atoms with Crippen LogP contribution in [0.1, 0.15) is 18.5 Å². The van der Waals surface area contributed by atoms with E-state index in [1.807, 2.05) is 19.0 Å². The highest BCUT2D eigenvalue weighted by atomic mass is 16.6. The molecule has 1 fully saturated rings. The van der Waals surface area contributed by atoms with Crippen LogP contribution in [0.25, 0.3) is 0 Å². The summed E-state index contributed by atoms with van der Waals surface area (Å²) in [5.41, 5.74) is 2.64. The van der Waals surface area contributed by atoms with Crippen LogP contribution in [-0.4, -0.2) is 53.0 Å². The molecule has 0 radical (unpaired) electrons. The van der Waals surface area contributed by atoms with Gasteiger partial charge in [-0.15, -0.1) is 0 Å². The zero-order chi connectivity index (χ0) is 15.6. The molecule has 116 valence electrons. The van der Waals surface area contributed by atoms with Gasteiger partial charge >= 0.3 is 5.69 Å². The Bertz CT molecular complexity index is 535. The van der Waals surface area contributed by atoms with Crippen molar-refractivity contribution in [3.05, 3.63) is 15.8 Å². The number of nitrogens with two attached hydrogens (primary N) is 1. The van der Waals surface area contributed by atoms with Gasteiger partial charge in [0, 0.05) is 19.1 Å². The molecule has 1 aliphatic heterocycles. The number of hydrogen-bond donors (Lipinski definition) is 2. The van der Waals surface area contributed by atoms with E-state index in [0.29, 0.717) is 11.5 Å². The lowest BCUT2D eigenvalue weighted by Crippen LogP contribution is -2.38. The number of rotatable bonds is 5. The van der Waals surface area contributed by atoms with E-state index in [-0.39, 0.29) is 17.7 Å². The third kappa shape index (κ3) is 3.19. The number of hydrazine groups is 1. The van der Waals surface area contributed by atoms with Crippen LogP contribution in [0, 0.1) is 17.0 Å². The number of hydrogen-bond acceptors (Lipinski definition) is 8. The van der Waals surface area contributed by atoms with Crippen molar-refractivity contribution in [2.45, 2.75) is 25.8 Å². The molecule has 9 nitrogen and oxygen atoms in total. The van der Waals surface area contributed by atoms with Crippen LogP contribution in [0.15, 0.2) is 0 Å². The summed E-state index contributed by atoms with van der Waals surface area (Å²) in [5.74, 6) is 5.91. The first-order valence-corrected chi connectivity index (χ1v) is 6.85. The summed E-state index contributed by atoms with van der Waals surface area (Å²) >= 11 is 0. The normalized spacial score (nSPS) is 18.3. The minimum Gasteiger partial charge on any atom is -0.346 e. The van der Waals surface area contributed by atoms with E-state index in [1.54, 1.807) is 6.92 Å². The lowest BCUT2D eigenvalue weighted by molar-refractivity contribution is -0.385. The van der Waals surface area contributed by atoms with Crippen LogP contribution in [0.3, 0.4) is 0 Å². The molecule has 2 heterocycles. The van der Waals surface area contributed by atoms with Gasteiger partial charge in [0.1, 0.15) is 5.69 Å². The van der Waals surface area contributed by atoms with Crippen molar-refractivity contribution < 1.29 is 4.92 Å². The number of anilines is 2. The molecule has 1 saturated heterocycles. The summed E-state index contributed by atoms with van der Waals surface area (Å²) in [6.07, 6.45) is 1.98. The third-order valence-corrected chi connectivity index (χ3v) is 3.58. The Kier molecular flexibility index (Phi) is 4.53. The number of likely N-dealkylation sites (N-methyl/N-ethyl adjacent to an activating group) is 1. The SMILES string of the molecule is Cc1nc(NN)nc(N2CCCC2CN(C)C)c1[N+](=O)[O-]. The van der Waals surface area contributed by atoms with Gasteiger partial charge in [0.15, 0.2) is 0 Å². The number of nitrogens with one attached hydrogen (secondary N) is 1. The highest BCUT2D eigenvalue weighted by Crippen LogP contribution is 2.34. The average Bonchev–Trinajstić information content (AvgIpc) is 2.84. The van der Waals surface area contributed by atoms with Crippen LogP contribution in [0.5, 0.6) is 0 Å². The summed E-state index contributed by atoms with van der Waals surface area (Å²) in [6.45, 7) is 3.17. The molecule has 3 N–H and O–H groups in total. The van der Waals surface area contributed by atoms with Crippen molar-refractivity contribution in [3.63, 3.8) is 0 Å². The van der Waals surface area contributed by atoms with E-state index in [9.17, 15) is 10.1 Å². The molecule has 21 heavy (non-hydrogen) atoms. The number of nitro groups is 1. The Morgan fingerprint density at radius 2 is 2.24 bits per heavy atom. The molecule has 0 aliphatic carbocycles. The van der Waals surface area contributed by atoms with Gasteiger partial charge in [-0.25, -0.2) is 10.8 Å². The highest BCUT2D eigenvalue weighted by molar-refractivity contribution is 5.63. The van der Waals surface area contributed by atoms with Crippen molar-refractivity contribution >= 4 is 17.5 Å². The summed E-state index contributed by atoms with van der Waals surface area (Å²) in [5, 5.41) is 11.4. The third-order valence-electron chi connectivity index (χ3n) is 3.58. The van der Waals surface area contributed by atoms with Crippen LogP contribution < -0.4 is 16.2 Å². The topological polar surface area (TPSA) is 113 Å². The molecule has 0 aromatic carbocycles. The Hall–Kier alpha value is -2.00. The van der Waals surface area contributed by atoms with E-state index in [2.05, 4.69) is 20.3 Å². The van der Waals surface area contributed by atoms with Crippen molar-refractivity contribution in [1.29, 1.82) is 0 Å². The molecule has 0 amide bonds. The first-order valence-electron chi connectivity index (χ1n) is 6.85. The largest absolute Gasteiger partial charge is 0.346 e. The van der Waals surface area contributed by atoms with E-state index in [1.165, 1.54) is 0 Å². The maximum Gasteiger partial charge on any atom is 0.332 e. The molecule has 0 bridgehead atoms. The van der Waals surface area contributed by atoms with E-state index in [0.717, 1.165) is 25.9 Å². The second-order valence-electron chi connectivity index (χ2n) is 5.46. The summed E-state index contributed by atoms with van der Waals surface area (Å²) in [4.78, 5) is 23.2. The molecule has 2 rings (SSSR count). The van der Waals surface area contributed by atoms with Gasteiger partial charge in [-0.2, -0.15) is 4.98 Å². The Balaban J connectivity index is 2.45. The average molecular weight is 295 g/mol. The number of aromatic nitrogens is 2. The number of aryl methyl sites for hydroxylation is 1. The van der Waals surface area contributed by atoms with Crippen LogP contribution in [-0.2, 0) is 0 Å². The van der Waals surface area contributed by atoms with Gasteiger partial charge in [-0.05, 0) is 33.9 Å². The van der Waals surface area contributed by atoms with Crippen molar-refractivity contribution in [1.82, 2.24) is 14.9 Å². The minimum absolute atomic E-state index is 0.0420. The Morgan fingerprint density at radius 3 is 2.81 bits per heavy atom. The van der Waals surface area contributed by atoms with E-state index >= 15 is 0 Å². The lowest BCUT2D eigenvalue weighted by Gasteiger charge is -2.28. The molecule has 0 saturated carbocycles. The fraction of sp³-hybridized carbons (Fsp3) is 0.667. The predicted molar refractivity (Wildman–Crippen MR) is 80.2 cm³/mol. The molecular weight excluding hydrogens is 274 g/mol. The molecule has 0 spiro atoms. The Labute approximate surface area is 123 Å². The van der Waals surface area contributed by atoms with Crippen molar-refractivity contribution in [2.75, 3.05) is 37.5 Å². The predicted octanol–water partition coefficient (Wildman–Crippen LogP) is 0.509. The van der Waals surface area contributed by atoms with Crippen molar-refractivity contribution in [3.8, 4) is 0 Å². The molecule has 9 heteroatoms. The zero-order valence-electron chi connectivity index (χ0n) is 12.5. The van der Waals surface area contributed by atoms with Gasteiger partial charge < -0.3 is 9.80 Å². The second-order valence-corrected chi connectivity index (χ2v) is 5.46. The molecule has 1 unspecified atom stereocenters. The number of nitrogen functional groups attached to an aromatic ring is 1. The van der Waals surface area contributed by atoms with Gasteiger partial charge in [0.25, 0.3) is 0 Å². The zero-order valence-corrected chi connectivity index (χ0v) is 12.5. The quantitative estimate of drug-likeness (QED) is 0.459. The maximum absolute atomic E-state index is 11.4. The van der Waals surface area contributed by atoms with Crippen LogP contribution >= 0.6 is 0 Å². The van der Waals surface area contributed by atoms with Gasteiger partial charge in [0.2, 0.25) is 11.8 Å². The summed E-state index contributed by atoms with van der Waals surface area (Å²) in [7, 11) is 3.98. The molecular formula is C12H21N7O2. The van der Waals surface area contributed by atoms with Crippen LogP contribution in [0.2, 0.25) is 0 Å². The molecule has 1 aromatic rings. The Morgan fingerprint density at radius 1 is 1.52 bits per heavy atom. The first kappa shape index (κ1) is 15.4. The summed E-state index contributed by atoms with van der Waals surface area (Å²) < 4.78 is 0. The lowest BCUT2D eigenvalue weighted by atomic mass is 10.2. The number of nitrogens with zero attached hydrogens (tertiary/aromatic N) is 5. The fourth-order valence-electron chi connectivity index (χ4n) is 2.76.